The van der Waals surface area contributed by atoms with Crippen molar-refractivity contribution in [2.75, 3.05) is 11.9 Å². The summed E-state index contributed by atoms with van der Waals surface area (Å²) in [4.78, 5) is 11.7. The molecule has 0 aliphatic carbocycles. The first-order valence-corrected chi connectivity index (χ1v) is 6.65. The second kappa shape index (κ2) is 6.54. The minimum atomic E-state index is -0.194. The molecule has 0 saturated heterocycles. The molecule has 0 radical (unpaired) electrons. The van der Waals surface area contributed by atoms with Crippen LogP contribution < -0.4 is 10.6 Å². The van der Waals surface area contributed by atoms with Gasteiger partial charge in [-0.2, -0.15) is 0 Å². The number of anilines is 1. The van der Waals surface area contributed by atoms with Gasteiger partial charge in [-0.3, -0.25) is 10.1 Å². The van der Waals surface area contributed by atoms with Crippen molar-refractivity contribution < 1.29 is 9.32 Å². The van der Waals surface area contributed by atoms with Crippen molar-refractivity contribution in [3.05, 3.63) is 46.6 Å². The smallest absolute Gasteiger partial charge is 0.240 e. The van der Waals surface area contributed by atoms with Gasteiger partial charge >= 0.3 is 0 Å². The van der Waals surface area contributed by atoms with Gasteiger partial charge < -0.3 is 9.84 Å². The van der Waals surface area contributed by atoms with Crippen molar-refractivity contribution in [2.45, 2.75) is 19.9 Å². The van der Waals surface area contributed by atoms with E-state index in [1.807, 2.05) is 31.2 Å². The average molecular weight is 294 g/mol. The Balaban J connectivity index is 1.85. The third-order valence-corrected chi connectivity index (χ3v) is 3.18. The summed E-state index contributed by atoms with van der Waals surface area (Å²) >= 11 is 6.10. The number of aryl methyl sites for hydroxylation is 1. The number of hydrogen-bond donors (Lipinski definition) is 2. The van der Waals surface area contributed by atoms with E-state index in [1.165, 1.54) is 0 Å². The second-order valence-electron chi connectivity index (χ2n) is 4.50. The highest BCUT2D eigenvalue weighted by Crippen LogP contribution is 2.21. The van der Waals surface area contributed by atoms with Crippen LogP contribution in [-0.2, 0) is 4.79 Å². The lowest BCUT2D eigenvalue weighted by Crippen LogP contribution is -2.30. The molecule has 2 rings (SSSR count). The maximum absolute atomic E-state index is 11.7. The maximum Gasteiger partial charge on any atom is 0.240 e. The van der Waals surface area contributed by atoms with Crippen LogP contribution in [-0.4, -0.2) is 17.6 Å². The van der Waals surface area contributed by atoms with Gasteiger partial charge in [0.05, 0.1) is 12.2 Å². The van der Waals surface area contributed by atoms with Gasteiger partial charge in [0.1, 0.15) is 0 Å². The Bertz CT molecular complexity index is 598. The quantitative estimate of drug-likeness (QED) is 0.889. The number of benzene rings is 1. The van der Waals surface area contributed by atoms with Crippen LogP contribution in [0, 0.1) is 6.92 Å². The molecule has 2 N–H and O–H groups in total. The summed E-state index contributed by atoms with van der Waals surface area (Å²) in [6.07, 6.45) is 0. The van der Waals surface area contributed by atoms with Crippen molar-refractivity contribution in [1.82, 2.24) is 10.5 Å². The molecule has 6 heteroatoms. The predicted molar refractivity (Wildman–Crippen MR) is 77.7 cm³/mol. The Morgan fingerprint density at radius 1 is 1.45 bits per heavy atom. The van der Waals surface area contributed by atoms with E-state index in [1.54, 1.807) is 13.0 Å². The number of halogens is 1. The molecule has 0 aliphatic rings. The highest BCUT2D eigenvalue weighted by Gasteiger charge is 2.11. The van der Waals surface area contributed by atoms with E-state index in [9.17, 15) is 4.79 Å². The van der Waals surface area contributed by atoms with Gasteiger partial charge in [-0.25, -0.2) is 0 Å². The Kier molecular flexibility index (Phi) is 4.76. The third-order valence-electron chi connectivity index (χ3n) is 2.83. The summed E-state index contributed by atoms with van der Waals surface area (Å²) in [6, 6.07) is 9.18. The molecule has 1 aromatic carbocycles. The van der Waals surface area contributed by atoms with Crippen molar-refractivity contribution >= 4 is 23.4 Å². The molecule has 1 atom stereocenters. The molecule has 20 heavy (non-hydrogen) atoms. The summed E-state index contributed by atoms with van der Waals surface area (Å²) in [5.41, 5.74) is 1.68. The molecule has 0 unspecified atom stereocenters. The zero-order valence-corrected chi connectivity index (χ0v) is 12.1. The van der Waals surface area contributed by atoms with Crippen molar-refractivity contribution in [3.63, 3.8) is 0 Å². The third kappa shape index (κ3) is 3.82. The predicted octanol–water partition coefficient (Wildman–Crippen LogP) is 2.93. The molecule has 1 heterocycles. The SMILES string of the molecule is Cc1cc(NC(=O)CN[C@H](C)c2ccccc2Cl)on1. The average Bonchev–Trinajstić information content (AvgIpc) is 2.82. The Morgan fingerprint density at radius 3 is 2.85 bits per heavy atom. The molecule has 2 aromatic rings. The maximum atomic E-state index is 11.7. The Hall–Kier alpha value is -1.85. The lowest BCUT2D eigenvalue weighted by atomic mass is 10.1. The van der Waals surface area contributed by atoms with E-state index in [-0.39, 0.29) is 18.5 Å². The van der Waals surface area contributed by atoms with Gasteiger partial charge in [0.15, 0.2) is 0 Å². The van der Waals surface area contributed by atoms with E-state index < -0.39 is 0 Å². The first-order chi connectivity index (χ1) is 9.56. The van der Waals surface area contributed by atoms with E-state index in [0.29, 0.717) is 10.9 Å². The van der Waals surface area contributed by atoms with Gasteiger partial charge in [-0.15, -0.1) is 0 Å². The summed E-state index contributed by atoms with van der Waals surface area (Å²) in [5, 5.41) is 10.1. The van der Waals surface area contributed by atoms with Crippen LogP contribution in [0.15, 0.2) is 34.9 Å². The zero-order valence-electron chi connectivity index (χ0n) is 11.3. The van der Waals surface area contributed by atoms with Gasteiger partial charge in [-0.1, -0.05) is 35.0 Å². The number of carbonyl (C=O) groups excluding carboxylic acids is 1. The number of rotatable bonds is 5. The standard InChI is InChI=1S/C14H16ClN3O2/c1-9-7-14(20-18-9)17-13(19)8-16-10(2)11-5-3-4-6-12(11)15/h3-7,10,16H,8H2,1-2H3,(H,17,19)/t10-/m1/s1. The molecule has 0 saturated carbocycles. The van der Waals surface area contributed by atoms with E-state index >= 15 is 0 Å². The molecule has 0 bridgehead atoms. The molecule has 0 aliphatic heterocycles. The van der Waals surface area contributed by atoms with Crippen molar-refractivity contribution in [3.8, 4) is 0 Å². The first-order valence-electron chi connectivity index (χ1n) is 6.27. The second-order valence-corrected chi connectivity index (χ2v) is 4.91. The van der Waals surface area contributed by atoms with Crippen LogP contribution in [0.3, 0.4) is 0 Å². The summed E-state index contributed by atoms with van der Waals surface area (Å²) < 4.78 is 4.91. The minimum absolute atomic E-state index is 0.0223. The lowest BCUT2D eigenvalue weighted by Gasteiger charge is -2.15. The normalized spacial score (nSPS) is 12.2. The topological polar surface area (TPSA) is 67.2 Å². The molecule has 0 spiro atoms. The van der Waals surface area contributed by atoms with Gasteiger partial charge in [0, 0.05) is 17.1 Å². The van der Waals surface area contributed by atoms with E-state index in [2.05, 4.69) is 15.8 Å². The van der Waals surface area contributed by atoms with Gasteiger partial charge in [-0.05, 0) is 25.5 Å². The summed E-state index contributed by atoms with van der Waals surface area (Å²) in [5.74, 6) is 0.153. The largest absolute Gasteiger partial charge is 0.338 e. The monoisotopic (exact) mass is 293 g/mol. The van der Waals surface area contributed by atoms with Crippen LogP contribution in [0.25, 0.3) is 0 Å². The first kappa shape index (κ1) is 14.6. The number of amides is 1. The number of hydrogen-bond acceptors (Lipinski definition) is 4. The van der Waals surface area contributed by atoms with Crippen LogP contribution >= 0.6 is 11.6 Å². The van der Waals surface area contributed by atoms with Crippen molar-refractivity contribution in [1.29, 1.82) is 0 Å². The highest BCUT2D eigenvalue weighted by molar-refractivity contribution is 6.31. The Labute approximate surface area is 122 Å². The van der Waals surface area contributed by atoms with Crippen LogP contribution in [0.4, 0.5) is 5.88 Å². The van der Waals surface area contributed by atoms with Crippen LogP contribution in [0.2, 0.25) is 5.02 Å². The number of nitrogens with zero attached hydrogens (tertiary/aromatic N) is 1. The van der Waals surface area contributed by atoms with Crippen LogP contribution in [0.5, 0.6) is 0 Å². The number of nitrogens with one attached hydrogen (secondary N) is 2. The van der Waals surface area contributed by atoms with Crippen molar-refractivity contribution in [2.24, 2.45) is 0 Å². The molecule has 0 fully saturated rings. The molecule has 1 amide bonds. The summed E-state index contributed by atoms with van der Waals surface area (Å²) in [7, 11) is 0. The molecule has 1 aromatic heterocycles. The molecule has 106 valence electrons. The van der Waals surface area contributed by atoms with Gasteiger partial charge in [0.25, 0.3) is 0 Å². The fourth-order valence-corrected chi connectivity index (χ4v) is 2.09. The molecular formula is C14H16ClN3O2. The Morgan fingerprint density at radius 2 is 2.20 bits per heavy atom. The van der Waals surface area contributed by atoms with Crippen LogP contribution in [0.1, 0.15) is 24.2 Å². The fourth-order valence-electron chi connectivity index (χ4n) is 1.79. The zero-order chi connectivity index (χ0) is 14.5. The fraction of sp³-hybridized carbons (Fsp3) is 0.286. The van der Waals surface area contributed by atoms with Gasteiger partial charge in [0.2, 0.25) is 11.8 Å². The number of carbonyl (C=O) groups is 1. The molecule has 5 nitrogen and oxygen atoms in total. The lowest BCUT2D eigenvalue weighted by molar-refractivity contribution is -0.115. The van der Waals surface area contributed by atoms with E-state index in [4.69, 9.17) is 16.1 Å². The summed E-state index contributed by atoms with van der Waals surface area (Å²) in [6.45, 7) is 3.90. The minimum Gasteiger partial charge on any atom is -0.338 e. The molecular weight excluding hydrogens is 278 g/mol. The van der Waals surface area contributed by atoms with E-state index in [0.717, 1.165) is 11.3 Å². The highest BCUT2D eigenvalue weighted by atomic mass is 35.5. The number of aromatic nitrogens is 1.